The summed E-state index contributed by atoms with van der Waals surface area (Å²) in [6.45, 7) is 3.56. The first-order valence-electron chi connectivity index (χ1n) is 7.59. The Morgan fingerprint density at radius 3 is 2.52 bits per heavy atom. The third kappa shape index (κ3) is 5.99. The van der Waals surface area contributed by atoms with Crippen LogP contribution in [0.4, 0.5) is 0 Å². The molecule has 0 bridgehead atoms. The van der Waals surface area contributed by atoms with Crippen molar-refractivity contribution in [1.29, 1.82) is 0 Å². The lowest BCUT2D eigenvalue weighted by atomic mass is 10.2. The first kappa shape index (κ1) is 20.9. The molecule has 0 amide bonds. The Hall–Kier alpha value is -2.19. The van der Waals surface area contributed by atoms with E-state index in [0.29, 0.717) is 5.92 Å². The molecule has 0 saturated heterocycles. The molecule has 3 rings (SSSR count). The number of carboxylic acid groups (broad SMARTS) is 1. The molecule has 0 radical (unpaired) electrons. The highest BCUT2D eigenvalue weighted by molar-refractivity contribution is 9.10. The number of hydrogen-bond donors (Lipinski definition) is 2. The summed E-state index contributed by atoms with van der Waals surface area (Å²) in [5.41, 5.74) is 2.22. The van der Waals surface area contributed by atoms with Crippen molar-refractivity contribution in [3.05, 3.63) is 50.2 Å². The van der Waals surface area contributed by atoms with Crippen LogP contribution in [0.1, 0.15) is 32.4 Å². The Morgan fingerprint density at radius 2 is 2.00 bits per heavy atom. The van der Waals surface area contributed by atoms with Crippen LogP contribution < -0.4 is 6.15 Å². The van der Waals surface area contributed by atoms with Gasteiger partial charge in [-0.15, -0.1) is 0 Å². The Morgan fingerprint density at radius 1 is 1.40 bits per heavy atom. The SMILES string of the molecule is C/C(=C\c1cc2ccc(Br)cc2n1CC1CC1)[N+](=O)[O-].CC(=O)O.N. The van der Waals surface area contributed by atoms with Gasteiger partial charge in [-0.1, -0.05) is 22.0 Å². The van der Waals surface area contributed by atoms with Crippen molar-refractivity contribution in [2.75, 3.05) is 0 Å². The van der Waals surface area contributed by atoms with Crippen LogP contribution in [-0.4, -0.2) is 20.6 Å². The van der Waals surface area contributed by atoms with Gasteiger partial charge in [-0.3, -0.25) is 14.9 Å². The second-order valence-electron chi connectivity index (χ2n) is 5.89. The third-order valence-corrected chi connectivity index (χ3v) is 4.17. The Labute approximate surface area is 154 Å². The molecule has 8 heteroatoms. The van der Waals surface area contributed by atoms with E-state index in [9.17, 15) is 10.1 Å². The summed E-state index contributed by atoms with van der Waals surface area (Å²) in [6, 6.07) is 8.15. The topological polar surface area (TPSA) is 120 Å². The van der Waals surface area contributed by atoms with Gasteiger partial charge >= 0.3 is 0 Å². The Balaban J connectivity index is 0.000000568. The number of carboxylic acids is 1. The van der Waals surface area contributed by atoms with Crippen molar-refractivity contribution < 1.29 is 14.8 Å². The van der Waals surface area contributed by atoms with Crippen molar-refractivity contribution in [2.24, 2.45) is 5.92 Å². The van der Waals surface area contributed by atoms with Gasteiger partial charge in [0.15, 0.2) is 0 Å². The predicted molar refractivity (Wildman–Crippen MR) is 101 cm³/mol. The zero-order chi connectivity index (χ0) is 17.9. The zero-order valence-corrected chi connectivity index (χ0v) is 15.8. The standard InChI is InChI=1S/C15H15BrN2O2.C2H4O2.H3N/c1-10(18(19)20)6-14-7-12-4-5-13(16)8-15(12)17(14)9-11-2-3-11;1-2(3)4;/h4-8,11H,2-3,9H2,1H3;1H3,(H,3,4);1H3/b10-6+;;. The molecule has 4 N–H and O–H groups in total. The maximum Gasteiger partial charge on any atom is 0.300 e. The molecule has 1 aliphatic carbocycles. The molecule has 136 valence electrons. The van der Waals surface area contributed by atoms with Crippen LogP contribution >= 0.6 is 15.9 Å². The minimum absolute atomic E-state index is 0. The molecular weight excluding hydrogens is 390 g/mol. The molecule has 1 aromatic heterocycles. The maximum atomic E-state index is 10.8. The minimum atomic E-state index is -0.833. The number of rotatable bonds is 4. The van der Waals surface area contributed by atoms with Gasteiger partial charge in [0.2, 0.25) is 5.70 Å². The summed E-state index contributed by atoms with van der Waals surface area (Å²) >= 11 is 3.49. The largest absolute Gasteiger partial charge is 0.481 e. The summed E-state index contributed by atoms with van der Waals surface area (Å²) in [7, 11) is 0. The normalized spacial score (nSPS) is 13.6. The lowest BCUT2D eigenvalue weighted by molar-refractivity contribution is -0.422. The number of aromatic nitrogens is 1. The van der Waals surface area contributed by atoms with E-state index in [-0.39, 0.29) is 16.8 Å². The van der Waals surface area contributed by atoms with Crippen molar-refractivity contribution in [3.8, 4) is 0 Å². The molecule has 1 aromatic carbocycles. The molecule has 0 atom stereocenters. The number of benzene rings is 1. The summed E-state index contributed by atoms with van der Waals surface area (Å²) in [5, 5.41) is 19.4. The fraction of sp³-hybridized carbons (Fsp3) is 0.353. The Kier molecular flexibility index (Phi) is 7.32. The number of allylic oxidation sites excluding steroid dienone is 1. The summed E-state index contributed by atoms with van der Waals surface area (Å²) in [4.78, 5) is 19.5. The van der Waals surface area contributed by atoms with Crippen LogP contribution in [0.2, 0.25) is 0 Å². The van der Waals surface area contributed by atoms with E-state index in [1.54, 1.807) is 6.08 Å². The van der Waals surface area contributed by atoms with Gasteiger partial charge in [0.25, 0.3) is 5.97 Å². The average Bonchev–Trinajstić information content (AvgIpc) is 3.23. The molecule has 1 aliphatic rings. The van der Waals surface area contributed by atoms with E-state index >= 15 is 0 Å². The van der Waals surface area contributed by atoms with Crippen molar-refractivity contribution >= 4 is 38.9 Å². The quantitative estimate of drug-likeness (QED) is 0.557. The average molecular weight is 412 g/mol. The molecule has 1 saturated carbocycles. The summed E-state index contributed by atoms with van der Waals surface area (Å²) in [5.74, 6) is -0.118. The number of nitrogens with zero attached hydrogens (tertiary/aromatic N) is 2. The number of carbonyl (C=O) groups is 1. The molecule has 7 nitrogen and oxygen atoms in total. The van der Waals surface area contributed by atoms with Crippen molar-refractivity contribution in [3.63, 3.8) is 0 Å². The molecule has 0 spiro atoms. The van der Waals surface area contributed by atoms with Gasteiger partial charge in [-0.05, 0) is 37.0 Å². The van der Waals surface area contributed by atoms with E-state index in [2.05, 4.69) is 26.6 Å². The lowest BCUT2D eigenvalue weighted by Gasteiger charge is -2.07. The smallest absolute Gasteiger partial charge is 0.300 e. The molecule has 0 unspecified atom stereocenters. The molecule has 1 fully saturated rings. The first-order chi connectivity index (χ1) is 11.3. The van der Waals surface area contributed by atoms with Crippen LogP contribution in [0.25, 0.3) is 17.0 Å². The van der Waals surface area contributed by atoms with Gasteiger partial charge in [-0.2, -0.15) is 0 Å². The second-order valence-corrected chi connectivity index (χ2v) is 6.80. The van der Waals surface area contributed by atoms with Crippen molar-refractivity contribution in [1.82, 2.24) is 10.7 Å². The molecule has 0 aliphatic heterocycles. The maximum absolute atomic E-state index is 10.8. The summed E-state index contributed by atoms with van der Waals surface area (Å²) < 4.78 is 3.23. The zero-order valence-electron chi connectivity index (χ0n) is 14.2. The van der Waals surface area contributed by atoms with Crippen LogP contribution in [0.3, 0.4) is 0 Å². The minimum Gasteiger partial charge on any atom is -0.481 e. The first-order valence-corrected chi connectivity index (χ1v) is 8.38. The predicted octanol–water partition coefficient (Wildman–Crippen LogP) is 4.70. The van der Waals surface area contributed by atoms with E-state index in [4.69, 9.17) is 9.90 Å². The van der Waals surface area contributed by atoms with Crippen LogP contribution in [0, 0.1) is 16.0 Å². The van der Waals surface area contributed by atoms with E-state index in [0.717, 1.165) is 34.5 Å². The monoisotopic (exact) mass is 411 g/mol. The summed E-state index contributed by atoms with van der Waals surface area (Å²) in [6.07, 6.45) is 4.17. The van der Waals surface area contributed by atoms with Gasteiger partial charge in [-0.25, -0.2) is 0 Å². The number of hydrogen-bond acceptors (Lipinski definition) is 4. The molecule has 1 heterocycles. The fourth-order valence-corrected chi connectivity index (χ4v) is 2.75. The van der Waals surface area contributed by atoms with Gasteiger partial charge in [0, 0.05) is 47.5 Å². The second kappa shape index (κ2) is 8.77. The van der Waals surface area contributed by atoms with Crippen LogP contribution in [0.15, 0.2) is 34.4 Å². The number of fused-ring (bicyclic) bond motifs is 1. The van der Waals surface area contributed by atoms with Gasteiger partial charge < -0.3 is 15.8 Å². The number of nitro groups is 1. The number of aliphatic carboxylic acids is 1. The Bertz CT molecular complexity index is 806. The third-order valence-electron chi connectivity index (χ3n) is 3.68. The van der Waals surface area contributed by atoms with Crippen molar-refractivity contribution in [2.45, 2.75) is 33.2 Å². The van der Waals surface area contributed by atoms with E-state index in [1.165, 1.54) is 19.8 Å². The molecule has 2 aromatic rings. The highest BCUT2D eigenvalue weighted by Crippen LogP contribution is 2.34. The highest BCUT2D eigenvalue weighted by atomic mass is 79.9. The van der Waals surface area contributed by atoms with E-state index < -0.39 is 5.97 Å². The van der Waals surface area contributed by atoms with Crippen LogP contribution in [0.5, 0.6) is 0 Å². The highest BCUT2D eigenvalue weighted by Gasteiger charge is 2.23. The van der Waals surface area contributed by atoms with Crippen LogP contribution in [-0.2, 0) is 11.3 Å². The number of halogens is 1. The molecular formula is C17H22BrN3O4. The fourth-order valence-electron chi connectivity index (χ4n) is 2.40. The molecule has 25 heavy (non-hydrogen) atoms. The lowest BCUT2D eigenvalue weighted by Crippen LogP contribution is -2.03. The van der Waals surface area contributed by atoms with E-state index in [1.807, 2.05) is 18.2 Å². The van der Waals surface area contributed by atoms with Gasteiger partial charge in [0.05, 0.1) is 4.92 Å². The van der Waals surface area contributed by atoms with Gasteiger partial charge in [0.1, 0.15) is 0 Å².